The maximum atomic E-state index is 15.7. The summed E-state index contributed by atoms with van der Waals surface area (Å²) in [4.78, 5) is 40.3. The number of ether oxygens (including phenoxy) is 3. The average molecular weight is 691 g/mol. The number of carbonyl (C=O) groups excluding carboxylic acids is 2. The van der Waals surface area contributed by atoms with Gasteiger partial charge in [0.05, 0.1) is 38.7 Å². The monoisotopic (exact) mass is 690 g/mol. The number of nitrogens with zero attached hydrogens (tertiary/aromatic N) is 2. The van der Waals surface area contributed by atoms with Crippen molar-refractivity contribution in [3.05, 3.63) is 71.6 Å². The van der Waals surface area contributed by atoms with E-state index in [1.165, 1.54) is 10.6 Å². The van der Waals surface area contributed by atoms with Crippen molar-refractivity contribution in [1.82, 2.24) is 4.57 Å². The van der Waals surface area contributed by atoms with Crippen molar-refractivity contribution in [2.75, 3.05) is 18.1 Å². The number of likely N-dealkylation sites (N-methyl/N-ethyl adjacent to an activating group) is 1. The van der Waals surface area contributed by atoms with Crippen LogP contribution in [-0.4, -0.2) is 41.0 Å². The molecule has 1 aromatic heterocycles. The number of carbonyl (C=O) groups is 1. The zero-order chi connectivity index (χ0) is 29.8. The lowest BCUT2D eigenvalue weighted by atomic mass is 9.87. The van der Waals surface area contributed by atoms with Crippen LogP contribution in [0.15, 0.2) is 32.4 Å². The van der Waals surface area contributed by atoms with Gasteiger partial charge in [0.1, 0.15) is 18.4 Å². The molecular formula is C31H32FIN2O7. The molecule has 2 unspecified atom stereocenters. The normalized spacial score (nSPS) is 25.1. The van der Waals surface area contributed by atoms with Gasteiger partial charge in [-0.15, -0.1) is 0 Å². The van der Waals surface area contributed by atoms with Gasteiger partial charge in [0.25, 0.3) is 5.56 Å². The molecule has 0 amide bonds. The minimum atomic E-state index is -1.88. The van der Waals surface area contributed by atoms with Crippen LogP contribution < -0.4 is 10.5 Å². The Morgan fingerprint density at radius 3 is 2.74 bits per heavy atom. The number of hydrogen-bond acceptors (Lipinski definition) is 8. The topological polar surface area (TPSA) is 107 Å². The number of aromatic nitrogens is 1. The van der Waals surface area contributed by atoms with Crippen molar-refractivity contribution >= 4 is 45.8 Å². The van der Waals surface area contributed by atoms with Gasteiger partial charge < -0.3 is 28.8 Å². The number of aliphatic hydroxyl groups is 1. The highest BCUT2D eigenvalue weighted by Crippen LogP contribution is 2.50. The highest BCUT2D eigenvalue weighted by atomic mass is 127. The van der Waals surface area contributed by atoms with E-state index in [4.69, 9.17) is 14.2 Å². The number of hydrogen-bond donors (Lipinski definition) is 1. The number of benzene rings is 1. The molecule has 3 atom stereocenters. The minimum absolute atomic E-state index is 0.0679. The molecule has 0 saturated carbocycles. The molecule has 9 nitrogen and oxygen atoms in total. The van der Waals surface area contributed by atoms with Crippen LogP contribution in [0.25, 0.3) is 5.57 Å². The molecule has 4 aliphatic rings. The highest BCUT2D eigenvalue weighted by molar-refractivity contribution is 14.1. The van der Waals surface area contributed by atoms with Gasteiger partial charge in [-0.1, -0.05) is 6.92 Å². The van der Waals surface area contributed by atoms with Gasteiger partial charge in [-0.3, -0.25) is 4.79 Å². The summed E-state index contributed by atoms with van der Waals surface area (Å²) >= 11 is 2.06. The predicted octanol–water partition coefficient (Wildman–Crippen LogP) is 4.57. The molecule has 1 fully saturated rings. The van der Waals surface area contributed by atoms with Crippen molar-refractivity contribution in [2.45, 2.75) is 83.5 Å². The largest absolute Gasteiger partial charge is 0.458 e. The van der Waals surface area contributed by atoms with Crippen LogP contribution in [0.5, 0.6) is 0 Å². The molecule has 0 spiro atoms. The lowest BCUT2D eigenvalue weighted by molar-refractivity contribution is -0.189. The first-order valence-electron chi connectivity index (χ1n) is 14.4. The summed E-state index contributed by atoms with van der Waals surface area (Å²) in [6.45, 7) is 4.62. The van der Waals surface area contributed by atoms with Crippen molar-refractivity contribution in [3.63, 3.8) is 0 Å². The Morgan fingerprint density at radius 1 is 1.24 bits per heavy atom. The summed E-state index contributed by atoms with van der Waals surface area (Å²) in [5, 5.41) is 10.9. The molecule has 42 heavy (non-hydrogen) atoms. The second-order valence-corrected chi connectivity index (χ2v) is 12.1. The van der Waals surface area contributed by atoms with E-state index in [1.807, 2.05) is 17.8 Å². The molecular weight excluding hydrogens is 658 g/mol. The third-order valence-corrected chi connectivity index (χ3v) is 9.97. The minimum Gasteiger partial charge on any atom is -0.458 e. The molecule has 4 heterocycles. The van der Waals surface area contributed by atoms with Gasteiger partial charge in [0.15, 0.2) is 11.9 Å². The fourth-order valence-electron chi connectivity index (χ4n) is 6.62. The van der Waals surface area contributed by atoms with Crippen LogP contribution in [0.1, 0.15) is 79.9 Å². The van der Waals surface area contributed by atoms with Crippen LogP contribution in [0.2, 0.25) is 0 Å². The average Bonchev–Trinajstić information content (AvgIpc) is 3.41. The lowest BCUT2D eigenvalue weighted by Crippen LogP contribution is -2.44. The molecule has 0 radical (unpaired) electrons. The van der Waals surface area contributed by atoms with E-state index in [0.29, 0.717) is 46.4 Å². The Morgan fingerprint density at radius 2 is 2.05 bits per heavy atom. The van der Waals surface area contributed by atoms with E-state index in [9.17, 15) is 19.5 Å². The van der Waals surface area contributed by atoms with Gasteiger partial charge in [-0.2, -0.15) is 0 Å². The first-order chi connectivity index (χ1) is 20.2. The number of esters is 1. The maximum absolute atomic E-state index is 15.7. The van der Waals surface area contributed by atoms with E-state index >= 15 is 4.39 Å². The molecule has 1 N–H and O–H groups in total. The number of allylic oxidation sites excluding steroid dienone is 3. The van der Waals surface area contributed by atoms with Crippen molar-refractivity contribution in [2.24, 2.45) is 0 Å². The molecule has 11 heteroatoms. The fraction of sp³-hybridized carbons (Fsp3) is 0.484. The Labute approximate surface area is 256 Å². The zero-order valence-electron chi connectivity index (χ0n) is 23.5. The number of fused-ring (bicyclic) bond motifs is 4. The smallest absolute Gasteiger partial charge is 0.343 e. The summed E-state index contributed by atoms with van der Waals surface area (Å²) in [5.41, 5.74) is 1.63. The Hall–Kier alpha value is -2.83. The van der Waals surface area contributed by atoms with Gasteiger partial charge in [0, 0.05) is 36.0 Å². The molecule has 0 bridgehead atoms. The van der Waals surface area contributed by atoms with Crippen LogP contribution in [0, 0.1) is 5.82 Å². The van der Waals surface area contributed by atoms with Crippen LogP contribution in [0.3, 0.4) is 0 Å². The number of rotatable bonds is 6. The van der Waals surface area contributed by atoms with E-state index in [2.05, 4.69) is 22.6 Å². The summed E-state index contributed by atoms with van der Waals surface area (Å²) in [6, 6.07) is 2.99. The lowest BCUT2D eigenvalue weighted by Gasteiger charge is -2.36. The Bertz CT molecular complexity index is 1610. The second kappa shape index (κ2) is 11.3. The summed E-state index contributed by atoms with van der Waals surface area (Å²) in [7, 11) is 0. The van der Waals surface area contributed by atoms with Crippen molar-refractivity contribution in [1.29, 1.82) is 0 Å². The summed E-state index contributed by atoms with van der Waals surface area (Å²) in [6.07, 6.45) is 4.73. The van der Waals surface area contributed by atoms with E-state index < -0.39 is 29.1 Å². The highest BCUT2D eigenvalue weighted by Gasteiger charge is 2.44. The summed E-state index contributed by atoms with van der Waals surface area (Å²) in [5.74, 6) is 0.847. The Kier molecular flexibility index (Phi) is 7.90. The zero-order valence-corrected chi connectivity index (χ0v) is 25.7. The first kappa shape index (κ1) is 29.3. The number of cyclic esters (lactones) is 1. The molecule has 1 aromatic carbocycles. The molecule has 6 rings (SSSR count). The maximum Gasteiger partial charge on any atom is 0.343 e. The molecule has 1 aliphatic carbocycles. The molecule has 222 valence electrons. The van der Waals surface area contributed by atoms with Crippen LogP contribution >= 0.6 is 22.6 Å². The number of halogens is 2. The number of anilines is 1. The fourth-order valence-corrected chi connectivity index (χ4v) is 7.48. The van der Waals surface area contributed by atoms with E-state index in [-0.39, 0.29) is 42.6 Å². The third kappa shape index (κ3) is 4.57. The SMILES string of the molecule is CCN1C(Cn2ccc3c(c2=O)COC(=O)[C@]3(O)CC)=C(I)C(=C=O)c2cc(F)c3c(c21)CCC3OC1CCCCO1. The third-order valence-electron chi connectivity index (χ3n) is 8.81. The Balaban J connectivity index is 1.41. The van der Waals surface area contributed by atoms with Gasteiger partial charge in [0.2, 0.25) is 0 Å². The second-order valence-electron chi connectivity index (χ2n) is 11.0. The van der Waals surface area contributed by atoms with Gasteiger partial charge in [-0.25, -0.2) is 14.0 Å². The molecule has 2 aromatic rings. The molecule has 3 aliphatic heterocycles. The summed E-state index contributed by atoms with van der Waals surface area (Å²) < 4.78 is 34.9. The van der Waals surface area contributed by atoms with E-state index in [1.54, 1.807) is 19.2 Å². The molecule has 1 saturated heterocycles. The van der Waals surface area contributed by atoms with Crippen molar-refractivity contribution in [3.8, 4) is 0 Å². The quantitative estimate of drug-likeness (QED) is 0.267. The van der Waals surface area contributed by atoms with Crippen molar-refractivity contribution < 1.29 is 33.3 Å². The first-order valence-corrected chi connectivity index (χ1v) is 15.5. The van der Waals surface area contributed by atoms with E-state index in [0.717, 1.165) is 30.5 Å². The predicted molar refractivity (Wildman–Crippen MR) is 160 cm³/mol. The number of pyridine rings is 1. The van der Waals surface area contributed by atoms with Crippen LogP contribution in [0.4, 0.5) is 10.1 Å². The van der Waals surface area contributed by atoms with Gasteiger partial charge in [-0.05, 0) is 85.7 Å². The van der Waals surface area contributed by atoms with Gasteiger partial charge >= 0.3 is 5.97 Å². The van der Waals surface area contributed by atoms with Crippen LogP contribution in [-0.2, 0) is 49.0 Å². The standard InChI is InChI=1S/C31H32FIN2O7/c1-3-31(39)21-10-11-34(29(37)20(21)16-41-30(31)38)14-23-27(33)19(15-36)18-13-22(32)26-17(28(18)35(23)4-2)8-9-24(26)42-25-7-5-6-12-40-25/h10-11,13,24-25,39H,3-9,12,14,16H2,1-2H3/t24?,25?,31-/m0/s1.